The molecule has 4 rings (SSSR count). The van der Waals surface area contributed by atoms with Gasteiger partial charge in [-0.2, -0.15) is 0 Å². The summed E-state index contributed by atoms with van der Waals surface area (Å²) in [5.74, 6) is 0.868. The lowest BCUT2D eigenvalue weighted by atomic mass is 9.82. The standard InChI is InChI=1S/C20H26FN5O.2ClH/c21-16-9-8-14(23-19(27)20(22)10-4-2-5-11-20)13-15(16)18-25-24-17-7-3-1-6-12-26(17)18;;/h8-9,13H,1-7,10-12,22H2,(H,23,27);2*1H. The zero-order valence-corrected chi connectivity index (χ0v) is 18.0. The van der Waals surface area contributed by atoms with Crippen molar-refractivity contribution in [1.29, 1.82) is 0 Å². The highest BCUT2D eigenvalue weighted by Crippen LogP contribution is 2.30. The number of amides is 1. The zero-order valence-electron chi connectivity index (χ0n) is 16.3. The highest BCUT2D eigenvalue weighted by atomic mass is 35.5. The summed E-state index contributed by atoms with van der Waals surface area (Å²) in [6, 6.07) is 4.58. The molecule has 1 aliphatic heterocycles. The van der Waals surface area contributed by atoms with Gasteiger partial charge in [0.1, 0.15) is 11.6 Å². The lowest BCUT2D eigenvalue weighted by Crippen LogP contribution is -2.52. The minimum absolute atomic E-state index is 0. The molecule has 0 spiro atoms. The Kier molecular flexibility index (Phi) is 8.02. The number of carbonyl (C=O) groups excluding carboxylic acids is 1. The van der Waals surface area contributed by atoms with E-state index in [2.05, 4.69) is 15.5 Å². The van der Waals surface area contributed by atoms with Gasteiger partial charge in [-0.05, 0) is 43.9 Å². The molecule has 9 heteroatoms. The number of nitrogens with one attached hydrogen (secondary N) is 1. The van der Waals surface area contributed by atoms with Gasteiger partial charge in [0, 0.05) is 18.7 Å². The van der Waals surface area contributed by atoms with Crippen molar-refractivity contribution >= 4 is 36.4 Å². The molecular weight excluding hydrogens is 416 g/mol. The molecule has 29 heavy (non-hydrogen) atoms. The van der Waals surface area contributed by atoms with Crippen LogP contribution in [0.25, 0.3) is 11.4 Å². The summed E-state index contributed by atoms with van der Waals surface area (Å²) in [5, 5.41) is 11.4. The van der Waals surface area contributed by atoms with Gasteiger partial charge in [-0.1, -0.05) is 25.7 Å². The van der Waals surface area contributed by atoms with E-state index in [1.54, 1.807) is 12.1 Å². The van der Waals surface area contributed by atoms with E-state index in [-0.39, 0.29) is 36.5 Å². The number of fused-ring (bicyclic) bond motifs is 1. The molecule has 2 aliphatic rings. The van der Waals surface area contributed by atoms with Gasteiger partial charge in [0.05, 0.1) is 11.1 Å². The third-order valence-corrected chi connectivity index (χ3v) is 5.77. The number of hydrogen-bond donors (Lipinski definition) is 2. The highest BCUT2D eigenvalue weighted by Gasteiger charge is 2.35. The number of anilines is 1. The van der Waals surface area contributed by atoms with Crippen molar-refractivity contribution in [2.75, 3.05) is 5.32 Å². The molecule has 1 saturated carbocycles. The summed E-state index contributed by atoms with van der Waals surface area (Å²) in [5.41, 5.74) is 6.38. The molecule has 0 saturated heterocycles. The molecule has 0 bridgehead atoms. The minimum atomic E-state index is -0.835. The van der Waals surface area contributed by atoms with E-state index in [1.807, 2.05) is 4.57 Å². The number of nitrogens with zero attached hydrogens (tertiary/aromatic N) is 3. The molecule has 0 unspecified atom stereocenters. The molecule has 160 valence electrons. The van der Waals surface area contributed by atoms with Gasteiger partial charge in [0.15, 0.2) is 5.82 Å². The Morgan fingerprint density at radius 2 is 1.79 bits per heavy atom. The molecular formula is C20H28Cl2FN5O. The van der Waals surface area contributed by atoms with Gasteiger partial charge >= 0.3 is 0 Å². The number of rotatable bonds is 3. The number of hydrogen-bond acceptors (Lipinski definition) is 4. The molecule has 3 N–H and O–H groups in total. The van der Waals surface area contributed by atoms with Gasteiger partial charge in [0.2, 0.25) is 5.91 Å². The Hall–Kier alpha value is -1.70. The number of nitrogens with two attached hydrogens (primary N) is 1. The second kappa shape index (κ2) is 9.87. The number of aromatic nitrogens is 3. The molecule has 6 nitrogen and oxygen atoms in total. The highest BCUT2D eigenvalue weighted by molar-refractivity contribution is 5.98. The van der Waals surface area contributed by atoms with Gasteiger partial charge in [-0.15, -0.1) is 35.0 Å². The molecule has 0 atom stereocenters. The van der Waals surface area contributed by atoms with Crippen molar-refractivity contribution in [3.05, 3.63) is 29.8 Å². The van der Waals surface area contributed by atoms with Gasteiger partial charge in [-0.3, -0.25) is 4.79 Å². The van der Waals surface area contributed by atoms with E-state index in [1.165, 1.54) is 6.07 Å². The SMILES string of the molecule is Cl.Cl.NC1(C(=O)Nc2ccc(F)c(-c3nnc4n3CCCCC4)c2)CCCCC1. The van der Waals surface area contributed by atoms with Gasteiger partial charge < -0.3 is 15.6 Å². The molecule has 1 aromatic heterocycles. The van der Waals surface area contributed by atoms with Crippen molar-refractivity contribution < 1.29 is 9.18 Å². The summed E-state index contributed by atoms with van der Waals surface area (Å²) in [7, 11) is 0. The van der Waals surface area contributed by atoms with Crippen LogP contribution in [0.4, 0.5) is 10.1 Å². The Labute approximate surface area is 182 Å². The smallest absolute Gasteiger partial charge is 0.244 e. The van der Waals surface area contributed by atoms with E-state index in [0.717, 1.165) is 57.3 Å². The maximum atomic E-state index is 14.6. The van der Waals surface area contributed by atoms with Crippen LogP contribution in [-0.4, -0.2) is 26.2 Å². The summed E-state index contributed by atoms with van der Waals surface area (Å²) in [6.07, 6.45) is 8.52. The molecule has 2 heterocycles. The fourth-order valence-corrected chi connectivity index (χ4v) is 4.12. The predicted molar refractivity (Wildman–Crippen MR) is 116 cm³/mol. The predicted octanol–water partition coefficient (Wildman–Crippen LogP) is 4.25. The molecule has 0 radical (unpaired) electrons. The van der Waals surface area contributed by atoms with Crippen LogP contribution in [0, 0.1) is 5.82 Å². The third-order valence-electron chi connectivity index (χ3n) is 5.77. The summed E-state index contributed by atoms with van der Waals surface area (Å²) in [4.78, 5) is 12.7. The van der Waals surface area contributed by atoms with E-state index >= 15 is 0 Å². The third kappa shape index (κ3) is 4.90. The number of halogens is 3. The molecule has 1 aromatic carbocycles. The van der Waals surface area contributed by atoms with Crippen LogP contribution in [-0.2, 0) is 17.8 Å². The second-order valence-electron chi connectivity index (χ2n) is 7.77. The number of benzene rings is 1. The maximum absolute atomic E-state index is 14.6. The van der Waals surface area contributed by atoms with Crippen LogP contribution in [0.1, 0.15) is 57.2 Å². The van der Waals surface area contributed by atoms with E-state index in [9.17, 15) is 9.18 Å². The van der Waals surface area contributed by atoms with Crippen molar-refractivity contribution in [2.24, 2.45) is 5.73 Å². The lowest BCUT2D eigenvalue weighted by molar-refractivity contribution is -0.122. The Balaban J connectivity index is 0.00000150. The molecule has 1 aliphatic carbocycles. The average Bonchev–Trinajstić information content (AvgIpc) is 2.91. The first-order chi connectivity index (χ1) is 13.1. The zero-order chi connectivity index (χ0) is 18.9. The van der Waals surface area contributed by atoms with Gasteiger partial charge in [0.25, 0.3) is 0 Å². The fraction of sp³-hybridized carbons (Fsp3) is 0.550. The van der Waals surface area contributed by atoms with Gasteiger partial charge in [-0.25, -0.2) is 4.39 Å². The largest absolute Gasteiger partial charge is 0.324 e. The molecule has 1 amide bonds. The van der Waals surface area contributed by atoms with Crippen molar-refractivity contribution in [3.63, 3.8) is 0 Å². The van der Waals surface area contributed by atoms with Crippen LogP contribution >= 0.6 is 24.8 Å². The van der Waals surface area contributed by atoms with Crippen LogP contribution in [0.3, 0.4) is 0 Å². The first-order valence-corrected chi connectivity index (χ1v) is 9.89. The number of carbonyl (C=O) groups is 1. The van der Waals surface area contributed by atoms with Crippen LogP contribution in [0.2, 0.25) is 0 Å². The molecule has 1 fully saturated rings. The Morgan fingerprint density at radius 3 is 2.55 bits per heavy atom. The quantitative estimate of drug-likeness (QED) is 0.741. The first kappa shape index (κ1) is 23.6. The lowest BCUT2D eigenvalue weighted by Gasteiger charge is -2.31. The van der Waals surface area contributed by atoms with Crippen LogP contribution < -0.4 is 11.1 Å². The van der Waals surface area contributed by atoms with Crippen molar-refractivity contribution in [2.45, 2.75) is 69.9 Å². The summed E-state index contributed by atoms with van der Waals surface area (Å²) < 4.78 is 16.6. The maximum Gasteiger partial charge on any atom is 0.244 e. The van der Waals surface area contributed by atoms with E-state index in [0.29, 0.717) is 29.9 Å². The topological polar surface area (TPSA) is 85.8 Å². The Morgan fingerprint density at radius 1 is 1.07 bits per heavy atom. The second-order valence-corrected chi connectivity index (χ2v) is 7.77. The van der Waals surface area contributed by atoms with Crippen LogP contribution in [0.5, 0.6) is 0 Å². The van der Waals surface area contributed by atoms with Crippen molar-refractivity contribution in [1.82, 2.24) is 14.8 Å². The van der Waals surface area contributed by atoms with Crippen LogP contribution in [0.15, 0.2) is 18.2 Å². The van der Waals surface area contributed by atoms with Crippen molar-refractivity contribution in [3.8, 4) is 11.4 Å². The van der Waals surface area contributed by atoms with E-state index in [4.69, 9.17) is 5.73 Å². The monoisotopic (exact) mass is 443 g/mol. The average molecular weight is 444 g/mol. The molecule has 2 aromatic rings. The summed E-state index contributed by atoms with van der Waals surface area (Å²) >= 11 is 0. The summed E-state index contributed by atoms with van der Waals surface area (Å²) in [6.45, 7) is 0.791. The Bertz CT molecular complexity index is 851. The fourth-order valence-electron chi connectivity index (χ4n) is 4.12. The normalized spacial score (nSPS) is 17.9. The minimum Gasteiger partial charge on any atom is -0.324 e. The first-order valence-electron chi connectivity index (χ1n) is 9.89. The number of aryl methyl sites for hydroxylation is 1. The van der Waals surface area contributed by atoms with E-state index < -0.39 is 5.54 Å².